The summed E-state index contributed by atoms with van der Waals surface area (Å²) in [4.78, 5) is 13.9. The third-order valence-electron chi connectivity index (χ3n) is 3.24. The van der Waals surface area contributed by atoms with Gasteiger partial charge in [-0.3, -0.25) is 0 Å². The molecule has 0 spiro atoms. The number of nitrogen functional groups attached to an aromatic ring is 1. The summed E-state index contributed by atoms with van der Waals surface area (Å²) in [7, 11) is 3.81. The van der Waals surface area contributed by atoms with E-state index in [1.165, 1.54) is 5.56 Å². The minimum absolute atomic E-state index is 0.258. The van der Waals surface area contributed by atoms with Crippen LogP contribution in [0.1, 0.15) is 21.5 Å². The van der Waals surface area contributed by atoms with Crippen LogP contribution in [0.4, 0.5) is 11.4 Å². The Morgan fingerprint density at radius 2 is 1.81 bits per heavy atom. The molecule has 0 unspecified atom stereocenters. The van der Waals surface area contributed by atoms with Gasteiger partial charge in [-0.25, -0.2) is 4.79 Å². The van der Waals surface area contributed by atoms with E-state index in [4.69, 9.17) is 10.5 Å². The highest BCUT2D eigenvalue weighted by Crippen LogP contribution is 2.22. The number of esters is 1. The number of anilines is 2. The third-order valence-corrected chi connectivity index (χ3v) is 3.24. The van der Waals surface area contributed by atoms with Gasteiger partial charge in [0.25, 0.3) is 0 Å². The van der Waals surface area contributed by atoms with Crippen LogP contribution in [0, 0.1) is 6.92 Å². The molecular weight excluding hydrogens is 264 g/mol. The molecule has 0 aliphatic rings. The SMILES string of the molecule is Cc1ccc(COC(=O)c2ccc(N(C)C)c(N)c2)cc1. The summed E-state index contributed by atoms with van der Waals surface area (Å²) >= 11 is 0. The van der Waals surface area contributed by atoms with Gasteiger partial charge in [0, 0.05) is 14.1 Å². The fourth-order valence-corrected chi connectivity index (χ4v) is 2.01. The lowest BCUT2D eigenvalue weighted by Gasteiger charge is -2.15. The smallest absolute Gasteiger partial charge is 0.338 e. The predicted molar refractivity (Wildman–Crippen MR) is 85.5 cm³/mol. The molecule has 0 aromatic heterocycles. The van der Waals surface area contributed by atoms with Crippen molar-refractivity contribution in [3.05, 3.63) is 59.2 Å². The van der Waals surface area contributed by atoms with Crippen molar-refractivity contribution in [2.24, 2.45) is 0 Å². The van der Waals surface area contributed by atoms with Crippen LogP contribution in [0.25, 0.3) is 0 Å². The van der Waals surface area contributed by atoms with E-state index >= 15 is 0 Å². The highest BCUT2D eigenvalue weighted by atomic mass is 16.5. The standard InChI is InChI=1S/C17H20N2O2/c1-12-4-6-13(7-5-12)11-21-17(20)14-8-9-16(19(2)3)15(18)10-14/h4-10H,11,18H2,1-3H3. The zero-order chi connectivity index (χ0) is 15.4. The average molecular weight is 284 g/mol. The molecule has 0 saturated carbocycles. The van der Waals surface area contributed by atoms with Crippen molar-refractivity contribution in [1.29, 1.82) is 0 Å². The van der Waals surface area contributed by atoms with E-state index in [9.17, 15) is 4.79 Å². The van der Waals surface area contributed by atoms with Crippen molar-refractivity contribution in [1.82, 2.24) is 0 Å². The Labute approximate surface area is 125 Å². The monoisotopic (exact) mass is 284 g/mol. The first-order valence-electron chi connectivity index (χ1n) is 6.77. The van der Waals surface area contributed by atoms with Crippen LogP contribution >= 0.6 is 0 Å². The molecule has 0 saturated heterocycles. The molecule has 2 aromatic rings. The molecule has 0 radical (unpaired) electrons. The summed E-state index contributed by atoms with van der Waals surface area (Å²) in [5.41, 5.74) is 9.98. The van der Waals surface area contributed by atoms with E-state index in [1.54, 1.807) is 12.1 Å². The van der Waals surface area contributed by atoms with Gasteiger partial charge in [-0.2, -0.15) is 0 Å². The minimum Gasteiger partial charge on any atom is -0.457 e. The number of nitrogens with two attached hydrogens (primary N) is 1. The average Bonchev–Trinajstić information content (AvgIpc) is 2.45. The Morgan fingerprint density at radius 3 is 2.38 bits per heavy atom. The van der Waals surface area contributed by atoms with Crippen LogP contribution < -0.4 is 10.6 Å². The number of aryl methyl sites for hydroxylation is 1. The van der Waals surface area contributed by atoms with Gasteiger partial charge in [-0.1, -0.05) is 29.8 Å². The van der Waals surface area contributed by atoms with Crippen LogP contribution in [-0.4, -0.2) is 20.1 Å². The highest BCUT2D eigenvalue weighted by Gasteiger charge is 2.10. The van der Waals surface area contributed by atoms with Crippen LogP contribution in [0.2, 0.25) is 0 Å². The Hall–Kier alpha value is -2.49. The second-order valence-electron chi connectivity index (χ2n) is 5.23. The Kier molecular flexibility index (Phi) is 4.48. The van der Waals surface area contributed by atoms with Gasteiger partial charge in [0.2, 0.25) is 0 Å². The van der Waals surface area contributed by atoms with E-state index < -0.39 is 0 Å². The molecule has 0 fully saturated rings. The zero-order valence-corrected chi connectivity index (χ0v) is 12.6. The van der Waals surface area contributed by atoms with Crippen molar-refractivity contribution in [3.63, 3.8) is 0 Å². The quantitative estimate of drug-likeness (QED) is 0.692. The summed E-state index contributed by atoms with van der Waals surface area (Å²) in [5.74, 6) is -0.368. The fourth-order valence-electron chi connectivity index (χ4n) is 2.01. The van der Waals surface area contributed by atoms with Crippen LogP contribution in [0.5, 0.6) is 0 Å². The van der Waals surface area contributed by atoms with Gasteiger partial charge in [-0.05, 0) is 30.7 Å². The van der Waals surface area contributed by atoms with Crippen molar-refractivity contribution in [2.45, 2.75) is 13.5 Å². The van der Waals surface area contributed by atoms with Crippen molar-refractivity contribution in [3.8, 4) is 0 Å². The van der Waals surface area contributed by atoms with E-state index in [0.717, 1.165) is 11.3 Å². The molecule has 4 nitrogen and oxygen atoms in total. The summed E-state index contributed by atoms with van der Waals surface area (Å²) in [6.07, 6.45) is 0. The topological polar surface area (TPSA) is 55.6 Å². The molecule has 21 heavy (non-hydrogen) atoms. The first-order chi connectivity index (χ1) is 9.97. The Morgan fingerprint density at radius 1 is 1.14 bits per heavy atom. The molecular formula is C17H20N2O2. The highest BCUT2D eigenvalue weighted by molar-refractivity contribution is 5.92. The molecule has 110 valence electrons. The molecule has 2 aromatic carbocycles. The summed E-state index contributed by atoms with van der Waals surface area (Å²) < 4.78 is 5.30. The number of hydrogen-bond donors (Lipinski definition) is 1. The zero-order valence-electron chi connectivity index (χ0n) is 12.6. The van der Waals surface area contributed by atoms with Gasteiger partial charge >= 0.3 is 5.97 Å². The molecule has 0 bridgehead atoms. The lowest BCUT2D eigenvalue weighted by Crippen LogP contribution is -2.12. The van der Waals surface area contributed by atoms with E-state index in [1.807, 2.05) is 56.3 Å². The van der Waals surface area contributed by atoms with Gasteiger partial charge < -0.3 is 15.4 Å². The summed E-state index contributed by atoms with van der Waals surface area (Å²) in [6, 6.07) is 13.1. The molecule has 0 heterocycles. The number of carbonyl (C=O) groups excluding carboxylic acids is 1. The first-order valence-corrected chi connectivity index (χ1v) is 6.77. The number of carbonyl (C=O) groups is 1. The number of benzene rings is 2. The largest absolute Gasteiger partial charge is 0.457 e. The van der Waals surface area contributed by atoms with Gasteiger partial charge in [0.15, 0.2) is 0 Å². The predicted octanol–water partition coefficient (Wildman–Crippen LogP) is 3.00. The molecule has 0 aliphatic carbocycles. The van der Waals surface area contributed by atoms with Crippen molar-refractivity contribution < 1.29 is 9.53 Å². The van der Waals surface area contributed by atoms with Crippen LogP contribution in [0.15, 0.2) is 42.5 Å². The van der Waals surface area contributed by atoms with Crippen LogP contribution in [-0.2, 0) is 11.3 Å². The molecule has 0 aliphatic heterocycles. The third kappa shape index (κ3) is 3.75. The fraction of sp³-hybridized carbons (Fsp3) is 0.235. The lowest BCUT2D eigenvalue weighted by atomic mass is 10.1. The second-order valence-corrected chi connectivity index (χ2v) is 5.23. The molecule has 0 amide bonds. The maximum atomic E-state index is 12.0. The van der Waals surface area contributed by atoms with Crippen LogP contribution in [0.3, 0.4) is 0 Å². The lowest BCUT2D eigenvalue weighted by molar-refractivity contribution is 0.0473. The number of ether oxygens (including phenoxy) is 1. The summed E-state index contributed by atoms with van der Waals surface area (Å²) in [5, 5.41) is 0. The first kappa shape index (κ1) is 14.9. The molecule has 2 N–H and O–H groups in total. The maximum absolute atomic E-state index is 12.0. The normalized spacial score (nSPS) is 10.2. The minimum atomic E-state index is -0.368. The van der Waals surface area contributed by atoms with Crippen molar-refractivity contribution >= 4 is 17.3 Å². The summed E-state index contributed by atoms with van der Waals surface area (Å²) in [6.45, 7) is 2.28. The number of hydrogen-bond acceptors (Lipinski definition) is 4. The molecule has 0 atom stereocenters. The number of nitrogens with zero attached hydrogens (tertiary/aromatic N) is 1. The Bertz CT molecular complexity index is 634. The Balaban J connectivity index is 2.03. The van der Waals surface area contributed by atoms with E-state index in [2.05, 4.69) is 0 Å². The second kappa shape index (κ2) is 6.31. The number of rotatable bonds is 4. The molecule has 2 rings (SSSR count). The van der Waals surface area contributed by atoms with E-state index in [-0.39, 0.29) is 12.6 Å². The molecule has 4 heteroatoms. The van der Waals surface area contributed by atoms with Gasteiger partial charge in [-0.15, -0.1) is 0 Å². The van der Waals surface area contributed by atoms with Crippen molar-refractivity contribution in [2.75, 3.05) is 24.7 Å². The maximum Gasteiger partial charge on any atom is 0.338 e. The van der Waals surface area contributed by atoms with Gasteiger partial charge in [0.1, 0.15) is 6.61 Å². The van der Waals surface area contributed by atoms with E-state index in [0.29, 0.717) is 11.3 Å². The van der Waals surface area contributed by atoms with Gasteiger partial charge in [0.05, 0.1) is 16.9 Å².